The third-order valence-electron chi connectivity index (χ3n) is 2.97. The van der Waals surface area contributed by atoms with E-state index in [1.54, 1.807) is 30.1 Å². The summed E-state index contributed by atoms with van der Waals surface area (Å²) in [6, 6.07) is 7.20. The van der Waals surface area contributed by atoms with E-state index in [1.165, 1.54) is 0 Å². The lowest BCUT2D eigenvalue weighted by Gasteiger charge is -2.09. The number of amides is 1. The van der Waals surface area contributed by atoms with E-state index < -0.39 is 0 Å². The number of carbonyl (C=O) groups is 1. The van der Waals surface area contributed by atoms with Gasteiger partial charge in [0.05, 0.1) is 12.7 Å². The van der Waals surface area contributed by atoms with Crippen molar-refractivity contribution >= 4 is 11.7 Å². The summed E-state index contributed by atoms with van der Waals surface area (Å²) < 4.78 is 1.60. The number of aromatic nitrogens is 2. The van der Waals surface area contributed by atoms with Gasteiger partial charge in [-0.3, -0.25) is 9.48 Å². The summed E-state index contributed by atoms with van der Waals surface area (Å²) in [7, 11) is 1.77. The van der Waals surface area contributed by atoms with Gasteiger partial charge in [0.2, 0.25) is 0 Å². The summed E-state index contributed by atoms with van der Waals surface area (Å²) in [5.41, 5.74) is 7.62. The molecule has 5 nitrogen and oxygen atoms in total. The lowest BCUT2D eigenvalue weighted by molar-refractivity contribution is 0.102. The van der Waals surface area contributed by atoms with Crippen molar-refractivity contribution in [3.8, 4) is 11.8 Å². The predicted octanol–water partition coefficient (Wildman–Crippen LogP) is 1.29. The third-order valence-corrected chi connectivity index (χ3v) is 2.97. The van der Waals surface area contributed by atoms with Crippen LogP contribution in [0.25, 0.3) is 0 Å². The van der Waals surface area contributed by atoms with Crippen LogP contribution < -0.4 is 11.1 Å². The molecule has 2 rings (SSSR count). The highest BCUT2D eigenvalue weighted by atomic mass is 16.1. The molecule has 102 valence electrons. The second-order valence-electron chi connectivity index (χ2n) is 4.28. The molecule has 20 heavy (non-hydrogen) atoms. The molecule has 0 fully saturated rings. The fourth-order valence-corrected chi connectivity index (χ4v) is 1.84. The summed E-state index contributed by atoms with van der Waals surface area (Å²) >= 11 is 0. The van der Waals surface area contributed by atoms with E-state index in [0.29, 0.717) is 17.9 Å². The van der Waals surface area contributed by atoms with E-state index >= 15 is 0 Å². The fourth-order valence-electron chi connectivity index (χ4n) is 1.84. The van der Waals surface area contributed by atoms with Gasteiger partial charge in [-0.2, -0.15) is 5.10 Å². The molecule has 0 saturated carbocycles. The molecule has 0 aliphatic rings. The Morgan fingerprint density at radius 1 is 1.45 bits per heavy atom. The molecular formula is C15H16N4O. The molecule has 0 bridgehead atoms. The zero-order valence-corrected chi connectivity index (χ0v) is 11.5. The van der Waals surface area contributed by atoms with E-state index in [9.17, 15) is 4.79 Å². The predicted molar refractivity (Wildman–Crippen MR) is 78.3 cm³/mol. The van der Waals surface area contributed by atoms with Crippen molar-refractivity contribution in [2.75, 3.05) is 11.9 Å². The van der Waals surface area contributed by atoms with E-state index in [0.717, 1.165) is 11.1 Å². The lowest BCUT2D eigenvalue weighted by Crippen LogP contribution is -2.16. The zero-order valence-electron chi connectivity index (χ0n) is 11.5. The Bertz CT molecular complexity index is 691. The van der Waals surface area contributed by atoms with Gasteiger partial charge in [-0.05, 0) is 24.6 Å². The highest BCUT2D eigenvalue weighted by Crippen LogP contribution is 2.15. The number of benzene rings is 1. The van der Waals surface area contributed by atoms with Crippen LogP contribution in [-0.4, -0.2) is 22.2 Å². The molecule has 1 heterocycles. The van der Waals surface area contributed by atoms with E-state index in [1.807, 2.05) is 19.1 Å². The highest BCUT2D eigenvalue weighted by molar-refractivity contribution is 6.05. The molecule has 3 N–H and O–H groups in total. The molecule has 0 spiro atoms. The van der Waals surface area contributed by atoms with Crippen molar-refractivity contribution in [1.82, 2.24) is 9.78 Å². The van der Waals surface area contributed by atoms with Gasteiger partial charge in [0.1, 0.15) is 5.82 Å². The van der Waals surface area contributed by atoms with Gasteiger partial charge in [0, 0.05) is 24.2 Å². The summed E-state index contributed by atoms with van der Waals surface area (Å²) in [6.45, 7) is 2.17. The van der Waals surface area contributed by atoms with Crippen LogP contribution in [0.1, 0.15) is 21.5 Å². The van der Waals surface area contributed by atoms with Crippen molar-refractivity contribution in [3.05, 3.63) is 47.2 Å². The summed E-state index contributed by atoms with van der Waals surface area (Å²) in [5, 5.41) is 6.83. The molecule has 0 aliphatic carbocycles. The molecule has 0 radical (unpaired) electrons. The average molecular weight is 268 g/mol. The van der Waals surface area contributed by atoms with Crippen LogP contribution >= 0.6 is 0 Å². The number of nitrogens with zero attached hydrogens (tertiary/aromatic N) is 2. The molecule has 0 unspecified atom stereocenters. The van der Waals surface area contributed by atoms with E-state index in [-0.39, 0.29) is 5.91 Å². The van der Waals surface area contributed by atoms with Gasteiger partial charge in [0.25, 0.3) is 5.91 Å². The van der Waals surface area contributed by atoms with Crippen LogP contribution in [0.2, 0.25) is 0 Å². The van der Waals surface area contributed by atoms with Crippen LogP contribution in [0.3, 0.4) is 0 Å². The maximum absolute atomic E-state index is 12.3. The first-order chi connectivity index (χ1) is 9.63. The van der Waals surface area contributed by atoms with Gasteiger partial charge in [-0.25, -0.2) is 0 Å². The van der Waals surface area contributed by atoms with Crippen molar-refractivity contribution in [2.24, 2.45) is 12.8 Å². The molecule has 0 atom stereocenters. The Morgan fingerprint density at radius 3 is 2.90 bits per heavy atom. The zero-order chi connectivity index (χ0) is 14.5. The molecule has 1 aromatic heterocycles. The number of aryl methyl sites for hydroxylation is 1. The third kappa shape index (κ3) is 2.87. The minimum Gasteiger partial charge on any atom is -0.320 e. The smallest absolute Gasteiger partial charge is 0.257 e. The van der Waals surface area contributed by atoms with E-state index in [2.05, 4.69) is 22.3 Å². The van der Waals surface area contributed by atoms with Crippen LogP contribution in [0.5, 0.6) is 0 Å². The number of carbonyl (C=O) groups excluding carboxylic acids is 1. The largest absolute Gasteiger partial charge is 0.320 e. The van der Waals surface area contributed by atoms with Gasteiger partial charge in [-0.1, -0.05) is 17.9 Å². The Hall–Kier alpha value is -2.58. The molecule has 0 saturated heterocycles. The second-order valence-corrected chi connectivity index (χ2v) is 4.28. The first-order valence-electron chi connectivity index (χ1n) is 6.21. The number of nitrogens with one attached hydrogen (secondary N) is 1. The molecule has 2 aromatic rings. The van der Waals surface area contributed by atoms with Crippen molar-refractivity contribution in [1.29, 1.82) is 0 Å². The Labute approximate surface area is 117 Å². The molecule has 1 amide bonds. The van der Waals surface area contributed by atoms with Crippen molar-refractivity contribution in [3.63, 3.8) is 0 Å². The van der Waals surface area contributed by atoms with Crippen LogP contribution in [0, 0.1) is 18.8 Å². The standard InChI is InChI=1S/C15H16N4O/c1-11-12(6-4-9-16)5-3-7-13(11)15(20)18-14-8-10-17-19(14)2/h3,5,7-8,10H,9,16H2,1-2H3,(H,18,20). The Morgan fingerprint density at radius 2 is 2.25 bits per heavy atom. The SMILES string of the molecule is Cc1c(C#CCN)cccc1C(=O)Nc1ccnn1C. The highest BCUT2D eigenvalue weighted by Gasteiger charge is 2.12. The summed E-state index contributed by atoms with van der Waals surface area (Å²) in [4.78, 5) is 12.3. The first kappa shape index (κ1) is 13.8. The van der Waals surface area contributed by atoms with Crippen LogP contribution in [0.15, 0.2) is 30.5 Å². The van der Waals surface area contributed by atoms with Gasteiger partial charge >= 0.3 is 0 Å². The van der Waals surface area contributed by atoms with Crippen molar-refractivity contribution in [2.45, 2.75) is 6.92 Å². The first-order valence-corrected chi connectivity index (χ1v) is 6.21. The molecule has 1 aromatic carbocycles. The van der Waals surface area contributed by atoms with Crippen LogP contribution in [-0.2, 0) is 7.05 Å². The Balaban J connectivity index is 2.29. The average Bonchev–Trinajstić information content (AvgIpc) is 2.83. The van der Waals surface area contributed by atoms with Gasteiger partial charge < -0.3 is 11.1 Å². The van der Waals surface area contributed by atoms with Gasteiger partial charge in [0.15, 0.2) is 0 Å². The van der Waals surface area contributed by atoms with Crippen LogP contribution in [0.4, 0.5) is 5.82 Å². The number of hydrogen-bond acceptors (Lipinski definition) is 3. The second kappa shape index (κ2) is 6.04. The number of anilines is 1. The Kier molecular flexibility index (Phi) is 4.18. The maximum atomic E-state index is 12.3. The number of rotatable bonds is 2. The lowest BCUT2D eigenvalue weighted by atomic mass is 10.0. The van der Waals surface area contributed by atoms with Gasteiger partial charge in [-0.15, -0.1) is 0 Å². The maximum Gasteiger partial charge on any atom is 0.257 e. The minimum atomic E-state index is -0.178. The summed E-state index contributed by atoms with van der Waals surface area (Å²) in [6.07, 6.45) is 1.63. The van der Waals surface area contributed by atoms with E-state index in [4.69, 9.17) is 5.73 Å². The topological polar surface area (TPSA) is 72.9 Å². The monoisotopic (exact) mass is 268 g/mol. The van der Waals surface area contributed by atoms with Crippen molar-refractivity contribution < 1.29 is 4.79 Å². The minimum absolute atomic E-state index is 0.178. The summed E-state index contributed by atoms with van der Waals surface area (Å²) in [5.74, 6) is 6.23. The molecule has 0 aliphatic heterocycles. The fraction of sp³-hybridized carbons (Fsp3) is 0.200. The normalized spacial score (nSPS) is 9.75. The molecule has 5 heteroatoms. The quantitative estimate of drug-likeness (QED) is 0.806. The number of hydrogen-bond donors (Lipinski definition) is 2. The number of nitrogens with two attached hydrogens (primary N) is 1. The molecular weight excluding hydrogens is 252 g/mol.